The van der Waals surface area contributed by atoms with E-state index in [9.17, 15) is 9.59 Å². The fourth-order valence-electron chi connectivity index (χ4n) is 2.03. The maximum atomic E-state index is 12.0. The smallest absolute Gasteiger partial charge is 0.263 e. The third-order valence-electron chi connectivity index (χ3n) is 3.03. The van der Waals surface area contributed by atoms with Gasteiger partial charge in [-0.15, -0.1) is 11.3 Å². The molecule has 1 aliphatic heterocycles. The second-order valence-corrected chi connectivity index (χ2v) is 5.31. The van der Waals surface area contributed by atoms with Crippen LogP contribution < -0.4 is 5.32 Å². The number of nitrogens with zero attached hydrogens (tertiary/aromatic N) is 1. The Bertz CT molecular complexity index is 550. The molecule has 1 aromatic heterocycles. The zero-order chi connectivity index (χ0) is 14.4. The van der Waals surface area contributed by atoms with Gasteiger partial charge in [-0.1, -0.05) is 11.8 Å². The van der Waals surface area contributed by atoms with Crippen LogP contribution in [0.3, 0.4) is 0 Å². The molecule has 1 fully saturated rings. The number of amides is 2. The van der Waals surface area contributed by atoms with E-state index in [1.165, 1.54) is 11.3 Å². The van der Waals surface area contributed by atoms with Gasteiger partial charge in [0.05, 0.1) is 6.54 Å². The number of nitrogens with one attached hydrogen (secondary N) is 1. The van der Waals surface area contributed by atoms with Crippen molar-refractivity contribution in [2.45, 2.75) is 12.8 Å². The van der Waals surface area contributed by atoms with Gasteiger partial charge in [-0.25, -0.2) is 0 Å². The molecule has 0 radical (unpaired) electrons. The second kappa shape index (κ2) is 7.08. The fourth-order valence-corrected chi connectivity index (χ4v) is 2.80. The molecule has 0 aliphatic carbocycles. The maximum absolute atomic E-state index is 12.0. The minimum absolute atomic E-state index is 0.0175. The molecule has 0 atom stereocenters. The summed E-state index contributed by atoms with van der Waals surface area (Å²) in [6.45, 7) is 1.33. The van der Waals surface area contributed by atoms with Gasteiger partial charge in [-0.2, -0.15) is 0 Å². The van der Waals surface area contributed by atoms with E-state index in [2.05, 4.69) is 17.2 Å². The summed E-state index contributed by atoms with van der Waals surface area (Å²) >= 11 is 1.27. The van der Waals surface area contributed by atoms with Crippen LogP contribution in [0.1, 0.15) is 28.1 Å². The predicted molar refractivity (Wildman–Crippen MR) is 76.4 cm³/mol. The van der Waals surface area contributed by atoms with E-state index in [0.717, 1.165) is 25.9 Å². The Morgan fingerprint density at radius 1 is 1.40 bits per heavy atom. The number of rotatable bonds is 3. The summed E-state index contributed by atoms with van der Waals surface area (Å²) in [6, 6.07) is 1.73. The van der Waals surface area contributed by atoms with Gasteiger partial charge in [-0.3, -0.25) is 9.59 Å². The van der Waals surface area contributed by atoms with E-state index in [-0.39, 0.29) is 25.0 Å². The quantitative estimate of drug-likeness (QED) is 0.795. The lowest BCUT2D eigenvalue weighted by Crippen LogP contribution is -2.38. The molecule has 2 N–H and O–H groups in total. The number of aliphatic hydroxyl groups excluding tert-OH is 1. The molecule has 0 aromatic carbocycles. The van der Waals surface area contributed by atoms with Gasteiger partial charge < -0.3 is 15.3 Å². The highest BCUT2D eigenvalue weighted by atomic mass is 32.1. The Morgan fingerprint density at radius 2 is 2.15 bits per heavy atom. The molecule has 5 nitrogen and oxygen atoms in total. The normalized spacial score (nSPS) is 13.8. The molecule has 0 unspecified atom stereocenters. The zero-order valence-electron chi connectivity index (χ0n) is 11.0. The van der Waals surface area contributed by atoms with Gasteiger partial charge in [0.15, 0.2) is 0 Å². The first kappa shape index (κ1) is 14.6. The first-order chi connectivity index (χ1) is 9.72. The standard InChI is InChI=1S/C14H16N2O3S/c17-8-3-4-11-5-9-20-13(11)14(19)15-10-12(18)16-6-1-2-7-16/h5,9,17H,1-2,6-8,10H2,(H,15,19). The van der Waals surface area contributed by atoms with Crippen LogP contribution in [0, 0.1) is 11.8 Å². The summed E-state index contributed by atoms with van der Waals surface area (Å²) < 4.78 is 0. The molecule has 1 aliphatic rings. The van der Waals surface area contributed by atoms with E-state index >= 15 is 0 Å². The Morgan fingerprint density at radius 3 is 2.85 bits per heavy atom. The van der Waals surface area contributed by atoms with Crippen LogP contribution in [-0.2, 0) is 4.79 Å². The number of carbonyl (C=O) groups is 2. The van der Waals surface area contributed by atoms with Crippen molar-refractivity contribution in [2.24, 2.45) is 0 Å². The maximum Gasteiger partial charge on any atom is 0.263 e. The number of hydrogen-bond acceptors (Lipinski definition) is 4. The molecule has 0 spiro atoms. The van der Waals surface area contributed by atoms with Crippen molar-refractivity contribution in [2.75, 3.05) is 26.2 Å². The lowest BCUT2D eigenvalue weighted by molar-refractivity contribution is -0.129. The van der Waals surface area contributed by atoms with E-state index in [0.29, 0.717) is 10.4 Å². The molecular weight excluding hydrogens is 276 g/mol. The fraction of sp³-hybridized carbons (Fsp3) is 0.429. The Hall–Kier alpha value is -1.84. The Labute approximate surface area is 121 Å². The number of aliphatic hydroxyl groups is 1. The van der Waals surface area contributed by atoms with Crippen LogP contribution in [-0.4, -0.2) is 48.1 Å². The summed E-state index contributed by atoms with van der Waals surface area (Å²) in [5.74, 6) is 4.89. The van der Waals surface area contributed by atoms with Gasteiger partial charge in [0.1, 0.15) is 11.5 Å². The largest absolute Gasteiger partial charge is 0.384 e. The topological polar surface area (TPSA) is 69.6 Å². The molecule has 2 heterocycles. The molecule has 2 amide bonds. The van der Waals surface area contributed by atoms with Gasteiger partial charge in [0, 0.05) is 18.7 Å². The molecule has 20 heavy (non-hydrogen) atoms. The number of likely N-dealkylation sites (tertiary alicyclic amines) is 1. The summed E-state index contributed by atoms with van der Waals surface area (Å²) in [6.07, 6.45) is 2.07. The van der Waals surface area contributed by atoms with E-state index in [1.54, 1.807) is 16.3 Å². The number of carbonyl (C=O) groups excluding carboxylic acids is 2. The average molecular weight is 292 g/mol. The summed E-state index contributed by atoms with van der Waals surface area (Å²) in [4.78, 5) is 26.1. The zero-order valence-corrected chi connectivity index (χ0v) is 11.8. The van der Waals surface area contributed by atoms with Crippen LogP contribution in [0.5, 0.6) is 0 Å². The highest BCUT2D eigenvalue weighted by Gasteiger charge is 2.19. The first-order valence-electron chi connectivity index (χ1n) is 6.45. The molecule has 1 saturated heterocycles. The molecule has 0 bridgehead atoms. The molecule has 106 valence electrons. The molecule has 1 aromatic rings. The third kappa shape index (κ3) is 3.59. The average Bonchev–Trinajstić information content (AvgIpc) is 3.12. The minimum Gasteiger partial charge on any atom is -0.384 e. The lowest BCUT2D eigenvalue weighted by atomic mass is 10.2. The summed E-state index contributed by atoms with van der Waals surface area (Å²) in [5, 5.41) is 13.1. The van der Waals surface area contributed by atoms with E-state index in [1.807, 2.05) is 0 Å². The van der Waals surface area contributed by atoms with Crippen molar-refractivity contribution < 1.29 is 14.7 Å². The second-order valence-electron chi connectivity index (χ2n) is 4.39. The van der Waals surface area contributed by atoms with Crippen molar-refractivity contribution in [1.29, 1.82) is 0 Å². The van der Waals surface area contributed by atoms with Crippen molar-refractivity contribution in [3.05, 3.63) is 21.9 Å². The summed E-state index contributed by atoms with van der Waals surface area (Å²) in [5.41, 5.74) is 0.579. The Kier molecular flexibility index (Phi) is 5.16. The van der Waals surface area contributed by atoms with Gasteiger partial charge >= 0.3 is 0 Å². The number of thiophene rings is 1. The monoisotopic (exact) mass is 292 g/mol. The molecule has 0 saturated carbocycles. The van der Waals surface area contributed by atoms with Crippen LogP contribution in [0.2, 0.25) is 0 Å². The van der Waals surface area contributed by atoms with Crippen LogP contribution >= 0.6 is 11.3 Å². The van der Waals surface area contributed by atoms with Crippen molar-refractivity contribution in [3.8, 4) is 11.8 Å². The van der Waals surface area contributed by atoms with Crippen molar-refractivity contribution >= 4 is 23.2 Å². The first-order valence-corrected chi connectivity index (χ1v) is 7.33. The SMILES string of the molecule is O=C(NCC(=O)N1CCCC1)c1sccc1C#CCO. The minimum atomic E-state index is -0.296. The highest BCUT2D eigenvalue weighted by molar-refractivity contribution is 7.12. The third-order valence-corrected chi connectivity index (χ3v) is 3.95. The number of hydrogen-bond donors (Lipinski definition) is 2. The molecule has 6 heteroatoms. The van der Waals surface area contributed by atoms with Gasteiger partial charge in [-0.05, 0) is 24.3 Å². The predicted octanol–water partition coefficient (Wildman–Crippen LogP) is 0.444. The summed E-state index contributed by atoms with van der Waals surface area (Å²) in [7, 11) is 0. The van der Waals surface area contributed by atoms with E-state index in [4.69, 9.17) is 5.11 Å². The highest BCUT2D eigenvalue weighted by Crippen LogP contribution is 2.15. The lowest BCUT2D eigenvalue weighted by Gasteiger charge is -2.15. The van der Waals surface area contributed by atoms with Crippen LogP contribution in [0.4, 0.5) is 0 Å². The van der Waals surface area contributed by atoms with Crippen molar-refractivity contribution in [3.63, 3.8) is 0 Å². The van der Waals surface area contributed by atoms with Crippen LogP contribution in [0.15, 0.2) is 11.4 Å². The van der Waals surface area contributed by atoms with Crippen LogP contribution in [0.25, 0.3) is 0 Å². The van der Waals surface area contributed by atoms with Crippen molar-refractivity contribution in [1.82, 2.24) is 10.2 Å². The van der Waals surface area contributed by atoms with Gasteiger partial charge in [0.25, 0.3) is 5.91 Å². The Balaban J connectivity index is 1.91. The van der Waals surface area contributed by atoms with Gasteiger partial charge in [0.2, 0.25) is 5.91 Å². The molecule has 2 rings (SSSR count). The van der Waals surface area contributed by atoms with E-state index < -0.39 is 0 Å². The molecular formula is C14H16N2O3S.